The van der Waals surface area contributed by atoms with E-state index in [0.717, 1.165) is 0 Å². The molecule has 97 heavy (non-hydrogen) atoms. The first kappa shape index (κ1) is 71.9. The van der Waals surface area contributed by atoms with Crippen molar-refractivity contribution >= 4 is 91.4 Å². The van der Waals surface area contributed by atoms with Gasteiger partial charge in [-0.3, -0.25) is 57.4 Å². The summed E-state index contributed by atoms with van der Waals surface area (Å²) in [4.78, 5) is 101. The van der Waals surface area contributed by atoms with Crippen LogP contribution in [-0.2, 0) is 37.3 Å². The van der Waals surface area contributed by atoms with E-state index >= 15 is 0 Å². The Morgan fingerprint density at radius 3 is 1.31 bits per heavy atom. The van der Waals surface area contributed by atoms with Crippen LogP contribution in [0.4, 0.5) is 23.8 Å². The summed E-state index contributed by atoms with van der Waals surface area (Å²) < 4.78 is 48.4. The van der Waals surface area contributed by atoms with Crippen molar-refractivity contribution in [3.63, 3.8) is 0 Å². The van der Waals surface area contributed by atoms with Gasteiger partial charge in [0.2, 0.25) is 23.8 Å². The molecule has 4 fully saturated rings. The molecule has 0 radical (unpaired) electrons. The molecular weight excluding hydrogens is 1310 g/mol. The summed E-state index contributed by atoms with van der Waals surface area (Å²) in [5.41, 5.74) is 23.8. The number of ether oxygens (including phenoxy) is 5. The molecule has 0 unspecified atom stereocenters. The highest BCUT2D eigenvalue weighted by molar-refractivity contribution is 6.74. The largest absolute Gasteiger partial charge is 0.414 e. The maximum Gasteiger partial charge on any atom is 0.280 e. The minimum Gasteiger partial charge on any atom is -0.414 e. The average Bonchev–Trinajstić information content (AvgIpc) is 1.61. The number of nitrogens with one attached hydrogen (secondary N) is 5. The molecule has 4 aliphatic heterocycles. The molecular formula is C55H83N21O19Si2. The quantitative estimate of drug-likeness (QED) is 0.0186. The third kappa shape index (κ3) is 14.1. The van der Waals surface area contributed by atoms with Crippen molar-refractivity contribution in [2.45, 2.75) is 195 Å². The number of carbonyl (C=O) groups is 1. The molecule has 0 saturated carbocycles. The van der Waals surface area contributed by atoms with Crippen LogP contribution in [0.15, 0.2) is 44.5 Å². The number of hydroxylamine groups is 1. The number of nitrogens with zero attached hydrogens (tertiary/aromatic N) is 12. The van der Waals surface area contributed by atoms with Crippen LogP contribution in [0.5, 0.6) is 0 Å². The van der Waals surface area contributed by atoms with Crippen molar-refractivity contribution < 1.29 is 73.2 Å². The van der Waals surface area contributed by atoms with Gasteiger partial charge in [0, 0.05) is 13.0 Å². The lowest BCUT2D eigenvalue weighted by atomic mass is 10.1. The summed E-state index contributed by atoms with van der Waals surface area (Å²) in [6, 6.07) is -0.573. The van der Waals surface area contributed by atoms with Gasteiger partial charge in [0.1, 0.15) is 61.2 Å². The molecule has 4 aliphatic rings. The van der Waals surface area contributed by atoms with Crippen LogP contribution >= 0.6 is 0 Å². The summed E-state index contributed by atoms with van der Waals surface area (Å²) in [6.45, 7) is 21.5. The Morgan fingerprint density at radius 2 is 0.918 bits per heavy atom. The van der Waals surface area contributed by atoms with Crippen LogP contribution in [0, 0.1) is 0 Å². The molecule has 0 aromatic carbocycles. The lowest BCUT2D eigenvalue weighted by Crippen LogP contribution is -2.53. The van der Waals surface area contributed by atoms with Crippen LogP contribution in [0.25, 0.3) is 44.7 Å². The predicted molar refractivity (Wildman–Crippen MR) is 347 cm³/mol. The lowest BCUT2D eigenvalue weighted by Gasteiger charge is -2.40. The second-order valence-corrected chi connectivity index (χ2v) is 36.5. The van der Waals surface area contributed by atoms with Crippen molar-refractivity contribution in [2.75, 3.05) is 42.8 Å². The fourth-order valence-electron chi connectivity index (χ4n) is 11.2. The summed E-state index contributed by atoms with van der Waals surface area (Å²) in [5, 5.41) is 72.2. The van der Waals surface area contributed by atoms with E-state index in [-0.39, 0.29) is 98.9 Å². The van der Waals surface area contributed by atoms with Crippen molar-refractivity contribution in [1.29, 1.82) is 0 Å². The topological polar surface area (TPSA) is 594 Å². The molecule has 42 heteroatoms. The number of aromatic amines is 4. The Kier molecular flexibility index (Phi) is 20.6. The highest BCUT2D eigenvalue weighted by Crippen LogP contribution is 2.44. The number of hydrogen-bond donors (Lipinski definition) is 16. The Bertz CT molecular complexity index is 4370. The number of aldehydes is 1. The van der Waals surface area contributed by atoms with Gasteiger partial charge in [-0.2, -0.15) is 25.4 Å². The standard InChI is InChI=1S/C22H28N10O9.C22H42N6O5Si2.C11H13N5O5/c23-21-27-15-9(17(37)29-21)25-5-31(15)19-12(35)11(34)7(40-19)2-1-3-39-14-8(4-33)41-20(13(14)36)32-6-26-10-16(32)28-22(24)30-18(10)38;1-21(2,3)34(7,8)31-11-13-14(27-30)16(33-35(9,10)22(4,5)6)19(32-13)28-12-24-15-17(28)25-20(23)26-18(15)29;12-11-14-8-5(9(20)15-11)13-3-16(8)10-7(19)6(18)4(21-10)1-2-17/h5-8,11-14,19-20,33-36H,1-4H2,(H3,23,27,29,37)(H3,24,28,30,38);12-14,16,19,27,30H,11H2,1-10H3,(H3,23,25,26,29);2-4,6-7,10,18-19H,1H2,(H3,12,14,15,20)/t7-,8-,11-,12-,13-,14-,19-,20-;13-,14-,16-,19-;4-,6-,7-,10-/m111/s1. The molecule has 8 aromatic heterocycles. The number of nitrogens with two attached hydrogens (primary N) is 4. The molecule has 8 aromatic rings. The lowest BCUT2D eigenvalue weighted by molar-refractivity contribution is -0.112. The number of fused-ring (bicyclic) bond motifs is 4. The van der Waals surface area contributed by atoms with Crippen molar-refractivity contribution in [2.24, 2.45) is 0 Å². The fourth-order valence-corrected chi connectivity index (χ4v) is 13.5. The van der Waals surface area contributed by atoms with Gasteiger partial charge in [0.25, 0.3) is 22.2 Å². The molecule has 12 heterocycles. The summed E-state index contributed by atoms with van der Waals surface area (Å²) in [6.07, 6.45) is -8.35. The number of aromatic nitrogens is 16. The highest BCUT2D eigenvalue weighted by atomic mass is 28.4. The van der Waals surface area contributed by atoms with Crippen LogP contribution < -0.4 is 50.7 Å². The van der Waals surface area contributed by atoms with Gasteiger partial charge in [-0.05, 0) is 49.1 Å². The number of hydrogen-bond acceptors (Lipinski definition) is 32. The molecule has 20 N–H and O–H groups in total. The third-order valence-corrected chi connectivity index (χ3v) is 27.5. The van der Waals surface area contributed by atoms with Gasteiger partial charge < -0.3 is 96.1 Å². The number of carbonyl (C=O) groups excluding carboxylic acids is 1. The van der Waals surface area contributed by atoms with E-state index in [2.05, 4.69) is 133 Å². The first-order valence-electron chi connectivity index (χ1n) is 30.9. The van der Waals surface area contributed by atoms with E-state index in [1.165, 1.54) is 39.0 Å². The van der Waals surface area contributed by atoms with E-state index < -0.39 is 144 Å². The van der Waals surface area contributed by atoms with Gasteiger partial charge in [0.15, 0.2) is 86.2 Å². The second kappa shape index (κ2) is 27.8. The van der Waals surface area contributed by atoms with E-state index in [1.807, 2.05) is 0 Å². The molecule has 40 nitrogen and oxygen atoms in total. The van der Waals surface area contributed by atoms with Gasteiger partial charge in [-0.25, -0.2) is 19.9 Å². The minimum atomic E-state index is -2.30. The Morgan fingerprint density at radius 1 is 0.546 bits per heavy atom. The normalized spacial score (nSPS) is 27.8. The number of nitrogen functional groups attached to an aromatic ring is 4. The van der Waals surface area contributed by atoms with E-state index in [4.69, 9.17) is 55.5 Å². The van der Waals surface area contributed by atoms with E-state index in [1.54, 1.807) is 4.57 Å². The molecule has 0 bridgehead atoms. The van der Waals surface area contributed by atoms with Gasteiger partial charge >= 0.3 is 0 Å². The molecule has 0 amide bonds. The van der Waals surface area contributed by atoms with Crippen LogP contribution in [0.3, 0.4) is 0 Å². The Balaban J connectivity index is 0.000000166. The van der Waals surface area contributed by atoms with E-state index in [0.29, 0.717) is 18.4 Å². The number of H-pyrrole nitrogens is 4. The van der Waals surface area contributed by atoms with E-state index in [9.17, 15) is 59.8 Å². The van der Waals surface area contributed by atoms with Crippen LogP contribution in [-0.4, -0.2) is 230 Å². The Hall–Kier alpha value is -7.90. The van der Waals surface area contributed by atoms with Gasteiger partial charge in [-0.15, -0.1) is 0 Å². The fraction of sp³-hybridized carbons (Fsp3) is 0.618. The first-order valence-corrected chi connectivity index (χ1v) is 36.7. The van der Waals surface area contributed by atoms with Crippen molar-refractivity contribution in [3.05, 3.63) is 66.7 Å². The van der Waals surface area contributed by atoms with Crippen molar-refractivity contribution in [3.8, 4) is 0 Å². The maximum atomic E-state index is 12.4. The third-order valence-electron chi connectivity index (χ3n) is 18.5. The predicted octanol–water partition coefficient (Wildman–Crippen LogP) is -2.28. The summed E-state index contributed by atoms with van der Waals surface area (Å²) in [5.74, 6) is -0.393. The van der Waals surface area contributed by atoms with Gasteiger partial charge in [0.05, 0.1) is 56.8 Å². The minimum absolute atomic E-state index is 0.00478. The molecule has 16 atom stereocenters. The Labute approximate surface area is 550 Å². The molecule has 4 saturated heterocycles. The smallest absolute Gasteiger partial charge is 0.280 e. The summed E-state index contributed by atoms with van der Waals surface area (Å²) in [7, 11) is -4.38. The molecule has 0 spiro atoms. The number of anilines is 4. The van der Waals surface area contributed by atoms with Crippen LogP contribution in [0.1, 0.15) is 85.7 Å². The SMILES string of the molecule is CC(C)(C)[Si](C)(C)OC[C@H]1O[C@@H](n2cnc3c(=O)[nH]c(N)nc32)[C@H](O[Si](C)(C)C(C)(C)C)[C@@H]1NO.Nc1nc2c(ncn2[C@@H]2O[C@H](CC=O)[C@@H](O)[C@H]2O)c(=O)[nH]1.Nc1nc2c(ncn2[C@@H]2O[C@H](CCCO[C@H]3[C@@H](O)[C@H](n4cnc5c(=O)[nH]c(N)nc54)O[C@@H]3CO)[C@@H](O)[C@H]2O)c(=O)[nH]1. The van der Waals surface area contributed by atoms with Crippen LogP contribution in [0.2, 0.25) is 36.3 Å². The zero-order valence-corrected chi connectivity index (χ0v) is 56.6. The second-order valence-electron chi connectivity index (χ2n) is 26.9. The maximum absolute atomic E-state index is 12.4. The first-order chi connectivity index (χ1) is 45.6. The number of aliphatic hydroxyl groups excluding tert-OH is 6. The zero-order valence-electron chi connectivity index (χ0n) is 54.6. The monoisotopic (exact) mass is 1400 g/mol. The number of aliphatic hydroxyl groups is 6. The average molecular weight is 1400 g/mol. The molecule has 0 aliphatic carbocycles. The molecule has 12 rings (SSSR count). The number of rotatable bonds is 18. The molecule has 530 valence electrons. The van der Waals surface area contributed by atoms with Gasteiger partial charge in [-0.1, -0.05) is 41.5 Å². The zero-order chi connectivity index (χ0) is 70.7. The highest BCUT2D eigenvalue weighted by Gasteiger charge is 2.53. The summed E-state index contributed by atoms with van der Waals surface area (Å²) >= 11 is 0. The van der Waals surface area contributed by atoms with Crippen molar-refractivity contribution in [1.82, 2.24) is 83.6 Å². The number of imidazole rings is 4.